The molecule has 2 aromatic heterocycles. The highest BCUT2D eigenvalue weighted by atomic mass is 15.3. The number of aryl methyl sites for hydroxylation is 2. The van der Waals surface area contributed by atoms with Crippen molar-refractivity contribution in [1.82, 2.24) is 14.8 Å². The van der Waals surface area contributed by atoms with E-state index in [2.05, 4.69) is 17.0 Å². The molecule has 0 unspecified atom stereocenters. The number of hydrogen-bond donors (Lipinski definition) is 0. The Labute approximate surface area is 64.7 Å². The molecule has 2 rings (SSSR count). The maximum Gasteiger partial charge on any atom is 0.157 e. The highest BCUT2D eigenvalue weighted by Crippen LogP contribution is 2.13. The van der Waals surface area contributed by atoms with Crippen molar-refractivity contribution in [2.24, 2.45) is 7.05 Å². The van der Waals surface area contributed by atoms with Crippen LogP contribution in [0.5, 0.6) is 0 Å². The van der Waals surface area contributed by atoms with Crippen LogP contribution in [-0.2, 0) is 7.05 Å². The Morgan fingerprint density at radius 3 is 3.00 bits per heavy atom. The van der Waals surface area contributed by atoms with Gasteiger partial charge in [-0.1, -0.05) is 0 Å². The molecule has 0 aromatic carbocycles. The van der Waals surface area contributed by atoms with Crippen LogP contribution in [0.3, 0.4) is 0 Å². The molecule has 56 valence electrons. The van der Waals surface area contributed by atoms with Gasteiger partial charge in [0.25, 0.3) is 0 Å². The Morgan fingerprint density at radius 2 is 2.27 bits per heavy atom. The Morgan fingerprint density at radius 1 is 1.45 bits per heavy atom. The van der Waals surface area contributed by atoms with Crippen LogP contribution in [-0.4, -0.2) is 14.8 Å². The minimum absolute atomic E-state index is 0.949. The fraction of sp³-hybridized carbons (Fsp3) is 0.250. The molecule has 2 heterocycles. The van der Waals surface area contributed by atoms with Gasteiger partial charge >= 0.3 is 0 Å². The van der Waals surface area contributed by atoms with Gasteiger partial charge < -0.3 is 0 Å². The topological polar surface area (TPSA) is 30.7 Å². The number of pyridine rings is 1. The molecule has 0 saturated carbocycles. The van der Waals surface area contributed by atoms with Crippen LogP contribution in [0.15, 0.2) is 18.5 Å². The van der Waals surface area contributed by atoms with Crippen molar-refractivity contribution in [3.05, 3.63) is 24.0 Å². The van der Waals surface area contributed by atoms with Gasteiger partial charge in [0.15, 0.2) is 5.65 Å². The summed E-state index contributed by atoms with van der Waals surface area (Å²) < 4.78 is 1.78. The minimum Gasteiger partial charge on any atom is -0.250 e. The van der Waals surface area contributed by atoms with E-state index in [9.17, 15) is 0 Å². The first-order valence-corrected chi connectivity index (χ1v) is 3.52. The van der Waals surface area contributed by atoms with E-state index in [0.29, 0.717) is 0 Å². The van der Waals surface area contributed by atoms with Crippen molar-refractivity contribution in [2.75, 3.05) is 0 Å². The second-order valence-electron chi connectivity index (χ2n) is 2.63. The highest BCUT2D eigenvalue weighted by molar-refractivity contribution is 5.77. The molecule has 0 aliphatic carbocycles. The zero-order valence-electron chi connectivity index (χ0n) is 6.57. The van der Waals surface area contributed by atoms with Gasteiger partial charge in [0.1, 0.15) is 0 Å². The molecule has 0 bridgehead atoms. The van der Waals surface area contributed by atoms with Crippen molar-refractivity contribution in [3.8, 4) is 0 Å². The molecular weight excluding hydrogens is 138 g/mol. The first-order chi connectivity index (χ1) is 5.29. The number of hydrogen-bond acceptors (Lipinski definition) is 2. The molecular formula is C8H9N3. The van der Waals surface area contributed by atoms with Gasteiger partial charge in [-0.15, -0.1) is 0 Å². The average Bonchev–Trinajstić information content (AvgIpc) is 2.35. The molecule has 3 heteroatoms. The zero-order valence-corrected chi connectivity index (χ0v) is 6.57. The van der Waals surface area contributed by atoms with Crippen molar-refractivity contribution in [2.45, 2.75) is 6.92 Å². The SMILES string of the molecule is Cc1ccnc2c1cnn2C. The van der Waals surface area contributed by atoms with E-state index in [1.807, 2.05) is 19.3 Å². The summed E-state index contributed by atoms with van der Waals surface area (Å²) in [6.07, 6.45) is 3.65. The average molecular weight is 147 g/mol. The van der Waals surface area contributed by atoms with Gasteiger partial charge in [-0.2, -0.15) is 5.10 Å². The van der Waals surface area contributed by atoms with Crippen LogP contribution < -0.4 is 0 Å². The fourth-order valence-corrected chi connectivity index (χ4v) is 1.17. The Kier molecular flexibility index (Phi) is 1.18. The molecule has 0 N–H and O–H groups in total. The summed E-state index contributed by atoms with van der Waals surface area (Å²) in [4.78, 5) is 4.20. The summed E-state index contributed by atoms with van der Waals surface area (Å²) in [5, 5.41) is 5.24. The molecule has 0 amide bonds. The summed E-state index contributed by atoms with van der Waals surface area (Å²) in [6, 6.07) is 1.99. The lowest BCUT2D eigenvalue weighted by molar-refractivity contribution is 0.786. The second-order valence-corrected chi connectivity index (χ2v) is 2.63. The summed E-state index contributed by atoms with van der Waals surface area (Å²) in [7, 11) is 1.90. The maximum atomic E-state index is 4.20. The summed E-state index contributed by atoms with van der Waals surface area (Å²) in [5.41, 5.74) is 2.17. The van der Waals surface area contributed by atoms with Crippen molar-refractivity contribution in [1.29, 1.82) is 0 Å². The highest BCUT2D eigenvalue weighted by Gasteiger charge is 2.00. The van der Waals surface area contributed by atoms with Crippen molar-refractivity contribution < 1.29 is 0 Å². The van der Waals surface area contributed by atoms with E-state index in [1.165, 1.54) is 5.56 Å². The summed E-state index contributed by atoms with van der Waals surface area (Å²) in [6.45, 7) is 2.06. The predicted octanol–water partition coefficient (Wildman–Crippen LogP) is 1.28. The number of nitrogens with zero attached hydrogens (tertiary/aromatic N) is 3. The van der Waals surface area contributed by atoms with Crippen LogP contribution in [0, 0.1) is 6.92 Å². The molecule has 0 aliphatic heterocycles. The molecule has 3 nitrogen and oxygen atoms in total. The predicted molar refractivity (Wildman–Crippen MR) is 43.2 cm³/mol. The zero-order chi connectivity index (χ0) is 7.84. The molecule has 0 saturated heterocycles. The Balaban J connectivity index is 2.94. The van der Waals surface area contributed by atoms with Crippen LogP contribution in [0.2, 0.25) is 0 Å². The molecule has 0 radical (unpaired) electrons. The molecule has 11 heavy (non-hydrogen) atoms. The minimum atomic E-state index is 0.949. The van der Waals surface area contributed by atoms with E-state index in [1.54, 1.807) is 10.9 Å². The van der Waals surface area contributed by atoms with Crippen molar-refractivity contribution >= 4 is 11.0 Å². The lowest BCUT2D eigenvalue weighted by atomic mass is 10.2. The standard InChI is InChI=1S/C8H9N3/c1-6-3-4-9-8-7(6)5-10-11(8)2/h3-5H,1-2H3. The third-order valence-corrected chi connectivity index (χ3v) is 1.85. The molecule has 0 spiro atoms. The van der Waals surface area contributed by atoms with Crippen LogP contribution >= 0.6 is 0 Å². The largest absolute Gasteiger partial charge is 0.250 e. The van der Waals surface area contributed by atoms with E-state index < -0.39 is 0 Å². The second kappa shape index (κ2) is 2.05. The normalized spacial score (nSPS) is 10.7. The number of aromatic nitrogens is 3. The van der Waals surface area contributed by atoms with Gasteiger partial charge in [-0.05, 0) is 18.6 Å². The van der Waals surface area contributed by atoms with E-state index in [-0.39, 0.29) is 0 Å². The number of rotatable bonds is 0. The first kappa shape index (κ1) is 6.34. The molecule has 0 aliphatic rings. The number of fused-ring (bicyclic) bond motifs is 1. The third-order valence-electron chi connectivity index (χ3n) is 1.85. The third kappa shape index (κ3) is 0.808. The van der Waals surface area contributed by atoms with Gasteiger partial charge in [-0.25, -0.2) is 4.98 Å². The lowest BCUT2D eigenvalue weighted by Gasteiger charge is -1.93. The van der Waals surface area contributed by atoms with Crippen LogP contribution in [0.1, 0.15) is 5.56 Å². The van der Waals surface area contributed by atoms with Gasteiger partial charge in [0.2, 0.25) is 0 Å². The monoisotopic (exact) mass is 147 g/mol. The smallest absolute Gasteiger partial charge is 0.157 e. The van der Waals surface area contributed by atoms with Crippen LogP contribution in [0.25, 0.3) is 11.0 Å². The summed E-state index contributed by atoms with van der Waals surface area (Å²) >= 11 is 0. The fourth-order valence-electron chi connectivity index (χ4n) is 1.17. The maximum absolute atomic E-state index is 4.20. The van der Waals surface area contributed by atoms with Gasteiger partial charge in [0, 0.05) is 18.6 Å². The Bertz CT molecular complexity index is 389. The van der Waals surface area contributed by atoms with Crippen molar-refractivity contribution in [3.63, 3.8) is 0 Å². The van der Waals surface area contributed by atoms with Gasteiger partial charge in [-0.3, -0.25) is 4.68 Å². The Hall–Kier alpha value is -1.38. The lowest BCUT2D eigenvalue weighted by Crippen LogP contribution is -1.90. The molecule has 0 fully saturated rings. The van der Waals surface area contributed by atoms with E-state index in [4.69, 9.17) is 0 Å². The molecule has 2 aromatic rings. The van der Waals surface area contributed by atoms with Crippen LogP contribution in [0.4, 0.5) is 0 Å². The quantitative estimate of drug-likeness (QED) is 0.562. The molecule has 0 atom stereocenters. The van der Waals surface area contributed by atoms with E-state index in [0.717, 1.165) is 11.0 Å². The van der Waals surface area contributed by atoms with E-state index >= 15 is 0 Å². The first-order valence-electron chi connectivity index (χ1n) is 3.52. The summed E-state index contributed by atoms with van der Waals surface area (Å²) in [5.74, 6) is 0. The van der Waals surface area contributed by atoms with Gasteiger partial charge in [0.05, 0.1) is 6.20 Å².